The number of fused-ring (bicyclic) bond motifs is 3. The van der Waals surface area contributed by atoms with Gasteiger partial charge in [-0.05, 0) is 49.9 Å². The topological polar surface area (TPSA) is 60.7 Å². The smallest absolute Gasteiger partial charge is 0.340 e. The molecular weight excluding hydrogens is 414 g/mol. The van der Waals surface area contributed by atoms with Gasteiger partial charge in [-0.3, -0.25) is 0 Å². The molecule has 33 heavy (non-hydrogen) atoms. The number of phenolic OH excluding ortho intramolecular Hbond substituents is 1. The SMILES string of the molecule is CCOC(=O)c1c(C)n(CCOc2cc(C)ccc2C(C)C)c2c1cc(O)c1ccccc12. The van der Waals surface area contributed by atoms with Gasteiger partial charge in [0.1, 0.15) is 18.1 Å². The molecule has 0 aliphatic heterocycles. The predicted octanol–water partition coefficient (Wildman–Crippen LogP) is 6.50. The van der Waals surface area contributed by atoms with Crippen molar-refractivity contribution in [3.8, 4) is 11.5 Å². The van der Waals surface area contributed by atoms with Crippen molar-refractivity contribution in [1.82, 2.24) is 4.57 Å². The Bertz CT molecular complexity index is 1330. The predicted molar refractivity (Wildman–Crippen MR) is 133 cm³/mol. The molecule has 3 aromatic carbocycles. The molecule has 4 aromatic rings. The Morgan fingerprint density at radius 3 is 2.45 bits per heavy atom. The van der Waals surface area contributed by atoms with Crippen molar-refractivity contribution in [1.29, 1.82) is 0 Å². The Hall–Kier alpha value is -3.47. The number of ether oxygens (including phenoxy) is 2. The molecule has 0 aliphatic rings. The molecule has 1 heterocycles. The van der Waals surface area contributed by atoms with Gasteiger partial charge in [-0.25, -0.2) is 4.79 Å². The Morgan fingerprint density at radius 1 is 1.03 bits per heavy atom. The molecule has 1 N–H and O–H groups in total. The summed E-state index contributed by atoms with van der Waals surface area (Å²) in [6, 6.07) is 15.7. The maximum atomic E-state index is 12.8. The van der Waals surface area contributed by atoms with Gasteiger partial charge in [0.15, 0.2) is 0 Å². The second-order valence-corrected chi connectivity index (χ2v) is 8.71. The summed E-state index contributed by atoms with van der Waals surface area (Å²) in [5.74, 6) is 1.03. The second-order valence-electron chi connectivity index (χ2n) is 8.71. The van der Waals surface area contributed by atoms with Crippen LogP contribution in [0.2, 0.25) is 0 Å². The summed E-state index contributed by atoms with van der Waals surface area (Å²) >= 11 is 0. The van der Waals surface area contributed by atoms with E-state index in [-0.39, 0.29) is 11.7 Å². The quantitative estimate of drug-likeness (QED) is 0.330. The van der Waals surface area contributed by atoms with Crippen molar-refractivity contribution < 1.29 is 19.4 Å². The van der Waals surface area contributed by atoms with Crippen LogP contribution in [0, 0.1) is 13.8 Å². The summed E-state index contributed by atoms with van der Waals surface area (Å²) in [6.07, 6.45) is 0. The molecule has 0 amide bonds. The monoisotopic (exact) mass is 445 g/mol. The van der Waals surface area contributed by atoms with Crippen LogP contribution in [0.25, 0.3) is 21.7 Å². The Kier molecular flexibility index (Phi) is 6.32. The molecule has 1 aromatic heterocycles. The fourth-order valence-electron chi connectivity index (χ4n) is 4.55. The molecule has 0 aliphatic carbocycles. The van der Waals surface area contributed by atoms with E-state index in [2.05, 4.69) is 43.5 Å². The lowest BCUT2D eigenvalue weighted by atomic mass is 10.0. The van der Waals surface area contributed by atoms with Crippen molar-refractivity contribution in [3.63, 3.8) is 0 Å². The minimum atomic E-state index is -0.380. The average molecular weight is 446 g/mol. The van der Waals surface area contributed by atoms with E-state index in [9.17, 15) is 9.90 Å². The van der Waals surface area contributed by atoms with Crippen molar-refractivity contribution in [3.05, 3.63) is 70.9 Å². The fraction of sp³-hybridized carbons (Fsp3) is 0.321. The number of nitrogens with zero attached hydrogens (tertiary/aromatic N) is 1. The number of hydrogen-bond acceptors (Lipinski definition) is 4. The first-order chi connectivity index (χ1) is 15.8. The van der Waals surface area contributed by atoms with Crippen molar-refractivity contribution in [2.75, 3.05) is 13.2 Å². The first-order valence-corrected chi connectivity index (χ1v) is 11.5. The summed E-state index contributed by atoms with van der Waals surface area (Å²) in [5, 5.41) is 13.0. The average Bonchev–Trinajstić information content (AvgIpc) is 3.05. The number of phenols is 1. The normalized spacial score (nSPS) is 11.5. The molecule has 5 nitrogen and oxygen atoms in total. The van der Waals surface area contributed by atoms with E-state index in [4.69, 9.17) is 9.47 Å². The van der Waals surface area contributed by atoms with Gasteiger partial charge in [-0.1, -0.05) is 50.2 Å². The number of hydrogen-bond donors (Lipinski definition) is 1. The minimum absolute atomic E-state index is 0.151. The molecular formula is C28H31NO4. The van der Waals surface area contributed by atoms with Crippen LogP contribution < -0.4 is 4.74 Å². The number of esters is 1. The van der Waals surface area contributed by atoms with Crippen molar-refractivity contribution >= 4 is 27.6 Å². The van der Waals surface area contributed by atoms with Crippen LogP contribution in [0.15, 0.2) is 48.5 Å². The van der Waals surface area contributed by atoms with Gasteiger partial charge in [0.25, 0.3) is 0 Å². The van der Waals surface area contributed by atoms with Gasteiger partial charge in [0.2, 0.25) is 0 Å². The highest BCUT2D eigenvalue weighted by atomic mass is 16.5. The zero-order valence-electron chi connectivity index (χ0n) is 19.9. The number of carbonyl (C=O) groups is 1. The van der Waals surface area contributed by atoms with Gasteiger partial charge in [-0.15, -0.1) is 0 Å². The number of aromatic hydroxyl groups is 1. The lowest BCUT2D eigenvalue weighted by Crippen LogP contribution is -2.12. The molecule has 0 fully saturated rings. The van der Waals surface area contributed by atoms with Crippen LogP contribution in [-0.2, 0) is 11.3 Å². The Balaban J connectivity index is 1.79. The van der Waals surface area contributed by atoms with E-state index in [0.29, 0.717) is 36.6 Å². The number of aryl methyl sites for hydroxylation is 1. The summed E-state index contributed by atoms with van der Waals surface area (Å²) in [5.41, 5.74) is 4.53. The molecule has 5 heteroatoms. The summed E-state index contributed by atoms with van der Waals surface area (Å²) in [6.45, 7) is 11.4. The van der Waals surface area contributed by atoms with Gasteiger partial charge < -0.3 is 19.1 Å². The van der Waals surface area contributed by atoms with Crippen LogP contribution in [-0.4, -0.2) is 28.9 Å². The minimum Gasteiger partial charge on any atom is -0.507 e. The molecule has 172 valence electrons. The lowest BCUT2D eigenvalue weighted by molar-refractivity contribution is 0.0527. The summed E-state index contributed by atoms with van der Waals surface area (Å²) in [4.78, 5) is 12.8. The van der Waals surface area contributed by atoms with Gasteiger partial charge >= 0.3 is 5.97 Å². The van der Waals surface area contributed by atoms with E-state index in [1.54, 1.807) is 13.0 Å². The van der Waals surface area contributed by atoms with E-state index >= 15 is 0 Å². The van der Waals surface area contributed by atoms with Crippen LogP contribution in [0.1, 0.15) is 53.9 Å². The molecule has 0 unspecified atom stereocenters. The highest BCUT2D eigenvalue weighted by molar-refractivity contribution is 6.16. The molecule has 0 saturated heterocycles. The maximum Gasteiger partial charge on any atom is 0.340 e. The van der Waals surface area contributed by atoms with Crippen LogP contribution >= 0.6 is 0 Å². The third-order valence-corrected chi connectivity index (χ3v) is 6.14. The Morgan fingerprint density at radius 2 is 1.76 bits per heavy atom. The van der Waals surface area contributed by atoms with Crippen LogP contribution in [0.5, 0.6) is 11.5 Å². The molecule has 0 saturated carbocycles. The molecule has 4 rings (SSSR count). The van der Waals surface area contributed by atoms with Crippen LogP contribution in [0.4, 0.5) is 0 Å². The zero-order chi connectivity index (χ0) is 23.7. The van der Waals surface area contributed by atoms with E-state index in [1.165, 1.54) is 5.56 Å². The van der Waals surface area contributed by atoms with Gasteiger partial charge in [-0.2, -0.15) is 0 Å². The van der Waals surface area contributed by atoms with Crippen molar-refractivity contribution in [2.45, 2.75) is 47.1 Å². The molecule has 0 spiro atoms. The maximum absolute atomic E-state index is 12.8. The molecule has 0 bridgehead atoms. The summed E-state index contributed by atoms with van der Waals surface area (Å²) < 4.78 is 13.7. The summed E-state index contributed by atoms with van der Waals surface area (Å²) in [7, 11) is 0. The number of carbonyl (C=O) groups excluding carboxylic acids is 1. The zero-order valence-corrected chi connectivity index (χ0v) is 19.9. The molecule has 0 radical (unpaired) electrons. The first kappa shape index (κ1) is 22.7. The number of aromatic nitrogens is 1. The third-order valence-electron chi connectivity index (χ3n) is 6.14. The highest BCUT2D eigenvalue weighted by Gasteiger charge is 2.24. The van der Waals surface area contributed by atoms with Crippen molar-refractivity contribution in [2.24, 2.45) is 0 Å². The van der Waals surface area contributed by atoms with Crippen LogP contribution in [0.3, 0.4) is 0 Å². The highest BCUT2D eigenvalue weighted by Crippen LogP contribution is 2.37. The third kappa shape index (κ3) is 4.15. The van der Waals surface area contributed by atoms with E-state index in [0.717, 1.165) is 33.3 Å². The molecule has 0 atom stereocenters. The second kappa shape index (κ2) is 9.18. The number of rotatable bonds is 7. The standard InChI is InChI=1S/C28H31NO4/c1-6-32-28(31)26-19(5)29(13-14-33-25-15-18(4)11-12-20(25)17(2)3)27-22-10-8-7-9-21(22)24(30)16-23(26)27/h7-12,15-17,30H,6,13-14H2,1-5H3. The number of benzene rings is 3. The van der Waals surface area contributed by atoms with E-state index < -0.39 is 0 Å². The Labute approximate surface area is 194 Å². The largest absolute Gasteiger partial charge is 0.507 e. The first-order valence-electron chi connectivity index (χ1n) is 11.5. The fourth-order valence-corrected chi connectivity index (χ4v) is 4.55. The van der Waals surface area contributed by atoms with Gasteiger partial charge in [0, 0.05) is 21.9 Å². The van der Waals surface area contributed by atoms with Gasteiger partial charge in [0.05, 0.1) is 24.2 Å². The van der Waals surface area contributed by atoms with E-state index in [1.807, 2.05) is 31.2 Å². The lowest BCUT2D eigenvalue weighted by Gasteiger charge is -2.16.